The quantitative estimate of drug-likeness (QED) is 0.523. The number of piperazine rings is 1. The lowest BCUT2D eigenvalue weighted by molar-refractivity contribution is 0.362. The summed E-state index contributed by atoms with van der Waals surface area (Å²) >= 11 is 0. The molecule has 1 N–H and O–H groups in total. The Hall–Kier alpha value is -2.74. The van der Waals surface area contributed by atoms with Gasteiger partial charge >= 0.3 is 0 Å². The second-order valence-corrected chi connectivity index (χ2v) is 9.57. The standard InChI is InChI=1S/C23H32N4O3S/c1-4-19(18-31(28,29)20-10-6-5-7-11-20)25-23(24-2)27-16-14-26(15-17-27)21-12-8-9-13-22(21)30-3/h5-13,19H,4,14-18H2,1-3H3,(H,24,25). The molecule has 0 amide bonds. The van der Waals surface area contributed by atoms with Crippen LogP contribution in [0.4, 0.5) is 5.69 Å². The van der Waals surface area contributed by atoms with Gasteiger partial charge in [-0.1, -0.05) is 37.3 Å². The summed E-state index contributed by atoms with van der Waals surface area (Å²) < 4.78 is 31.1. The SMILES string of the molecule is CCC(CS(=O)(=O)c1ccccc1)NC(=NC)N1CCN(c2ccccc2OC)CC1. The number of rotatable bonds is 7. The van der Waals surface area contributed by atoms with Gasteiger partial charge in [0.2, 0.25) is 0 Å². The molecule has 1 saturated heterocycles. The Morgan fingerprint density at radius 3 is 2.32 bits per heavy atom. The van der Waals surface area contributed by atoms with Gasteiger partial charge in [0.25, 0.3) is 0 Å². The van der Waals surface area contributed by atoms with Crippen LogP contribution in [0.5, 0.6) is 5.75 Å². The maximum atomic E-state index is 12.8. The normalized spacial score (nSPS) is 16.2. The van der Waals surface area contributed by atoms with Gasteiger partial charge < -0.3 is 19.9 Å². The summed E-state index contributed by atoms with van der Waals surface area (Å²) in [6, 6.07) is 16.4. The predicted molar refractivity (Wildman–Crippen MR) is 126 cm³/mol. The molecule has 31 heavy (non-hydrogen) atoms. The highest BCUT2D eigenvalue weighted by atomic mass is 32.2. The van der Waals surface area contributed by atoms with Gasteiger partial charge in [-0.25, -0.2) is 8.42 Å². The van der Waals surface area contributed by atoms with Gasteiger partial charge in [-0.15, -0.1) is 0 Å². The first-order valence-corrected chi connectivity index (χ1v) is 12.3. The molecule has 1 unspecified atom stereocenters. The lowest BCUT2D eigenvalue weighted by Gasteiger charge is -2.38. The van der Waals surface area contributed by atoms with E-state index in [9.17, 15) is 8.42 Å². The van der Waals surface area contributed by atoms with E-state index < -0.39 is 9.84 Å². The number of anilines is 1. The Balaban J connectivity index is 1.62. The molecule has 0 spiro atoms. The monoisotopic (exact) mass is 444 g/mol. The van der Waals surface area contributed by atoms with Crippen molar-refractivity contribution in [2.75, 3.05) is 51.0 Å². The molecule has 7 nitrogen and oxygen atoms in total. The Bertz CT molecular complexity index is 971. The van der Waals surface area contributed by atoms with Crippen molar-refractivity contribution in [2.24, 2.45) is 4.99 Å². The third-order valence-electron chi connectivity index (χ3n) is 5.57. The van der Waals surface area contributed by atoms with Crippen LogP contribution in [-0.2, 0) is 9.84 Å². The van der Waals surface area contributed by atoms with Crippen LogP contribution in [-0.4, -0.2) is 71.4 Å². The van der Waals surface area contributed by atoms with Gasteiger partial charge in [0, 0.05) is 39.3 Å². The van der Waals surface area contributed by atoms with E-state index in [1.807, 2.05) is 31.2 Å². The number of aliphatic imine (C=N–C) groups is 1. The van der Waals surface area contributed by atoms with Crippen molar-refractivity contribution in [2.45, 2.75) is 24.3 Å². The number of para-hydroxylation sites is 2. The molecule has 1 fully saturated rings. The Labute approximate surface area is 185 Å². The number of nitrogens with one attached hydrogen (secondary N) is 1. The summed E-state index contributed by atoms with van der Waals surface area (Å²) in [5.74, 6) is 1.65. The number of hydrogen-bond donors (Lipinski definition) is 1. The molecular weight excluding hydrogens is 412 g/mol. The summed E-state index contributed by atoms with van der Waals surface area (Å²) in [5.41, 5.74) is 1.09. The molecule has 0 aliphatic carbocycles. The zero-order chi connectivity index (χ0) is 22.3. The second-order valence-electron chi connectivity index (χ2n) is 7.54. The van der Waals surface area contributed by atoms with Gasteiger partial charge in [0.1, 0.15) is 5.75 Å². The fourth-order valence-corrected chi connectivity index (χ4v) is 5.39. The maximum absolute atomic E-state index is 12.8. The fourth-order valence-electron chi connectivity index (χ4n) is 3.78. The number of benzene rings is 2. The third-order valence-corrected chi connectivity index (χ3v) is 7.40. The molecule has 2 aromatic rings. The molecule has 0 bridgehead atoms. The number of methoxy groups -OCH3 is 1. The van der Waals surface area contributed by atoms with E-state index in [0.29, 0.717) is 11.3 Å². The Morgan fingerprint density at radius 2 is 1.71 bits per heavy atom. The summed E-state index contributed by atoms with van der Waals surface area (Å²) in [4.78, 5) is 9.27. The molecule has 2 aromatic carbocycles. The van der Waals surface area contributed by atoms with Crippen molar-refractivity contribution >= 4 is 21.5 Å². The van der Waals surface area contributed by atoms with Gasteiger partial charge in [-0.05, 0) is 30.7 Å². The largest absolute Gasteiger partial charge is 0.495 e. The molecule has 1 aliphatic rings. The summed E-state index contributed by atoms with van der Waals surface area (Å²) in [5, 5.41) is 3.38. The highest BCUT2D eigenvalue weighted by Crippen LogP contribution is 2.28. The zero-order valence-electron chi connectivity index (χ0n) is 18.5. The molecular formula is C23H32N4O3S. The predicted octanol–water partition coefficient (Wildman–Crippen LogP) is 2.65. The average Bonchev–Trinajstić information content (AvgIpc) is 2.82. The van der Waals surface area contributed by atoms with Crippen molar-refractivity contribution in [3.05, 3.63) is 54.6 Å². The number of sulfone groups is 1. The number of guanidine groups is 1. The van der Waals surface area contributed by atoms with Gasteiger partial charge in [0.05, 0.1) is 23.4 Å². The topological polar surface area (TPSA) is 74.2 Å². The third kappa shape index (κ3) is 5.70. The lowest BCUT2D eigenvalue weighted by atomic mass is 10.2. The Morgan fingerprint density at radius 1 is 1.06 bits per heavy atom. The molecule has 3 rings (SSSR count). The minimum Gasteiger partial charge on any atom is -0.495 e. The second kappa shape index (κ2) is 10.5. The molecule has 1 aliphatic heterocycles. The van der Waals surface area contributed by atoms with E-state index >= 15 is 0 Å². The van der Waals surface area contributed by atoms with Gasteiger partial charge in [-0.3, -0.25) is 4.99 Å². The molecule has 0 saturated carbocycles. The summed E-state index contributed by atoms with van der Waals surface area (Å²) in [6.07, 6.45) is 0.687. The van der Waals surface area contributed by atoms with Crippen LogP contribution in [0.25, 0.3) is 0 Å². The van der Waals surface area contributed by atoms with Crippen LogP contribution in [0.1, 0.15) is 13.3 Å². The van der Waals surface area contributed by atoms with Crippen molar-refractivity contribution in [3.63, 3.8) is 0 Å². The van der Waals surface area contributed by atoms with E-state index in [0.717, 1.165) is 43.6 Å². The fraction of sp³-hybridized carbons (Fsp3) is 0.435. The average molecular weight is 445 g/mol. The minimum atomic E-state index is -3.37. The molecule has 168 valence electrons. The van der Waals surface area contributed by atoms with E-state index in [-0.39, 0.29) is 11.8 Å². The Kier molecular flexibility index (Phi) is 7.79. The van der Waals surface area contributed by atoms with Crippen LogP contribution >= 0.6 is 0 Å². The van der Waals surface area contributed by atoms with Crippen LogP contribution in [0.2, 0.25) is 0 Å². The molecule has 8 heteroatoms. The van der Waals surface area contributed by atoms with Crippen molar-refractivity contribution < 1.29 is 13.2 Å². The molecule has 0 aromatic heterocycles. The first-order valence-electron chi connectivity index (χ1n) is 10.6. The van der Waals surface area contributed by atoms with E-state index in [1.54, 1.807) is 38.4 Å². The van der Waals surface area contributed by atoms with Gasteiger partial charge in [0.15, 0.2) is 15.8 Å². The lowest BCUT2D eigenvalue weighted by Crippen LogP contribution is -2.55. The van der Waals surface area contributed by atoms with Crippen molar-refractivity contribution in [1.29, 1.82) is 0 Å². The van der Waals surface area contributed by atoms with E-state index in [1.165, 1.54) is 0 Å². The number of ether oxygens (including phenoxy) is 1. The summed E-state index contributed by atoms with van der Waals surface area (Å²) in [7, 11) is 0.0663. The van der Waals surface area contributed by atoms with Crippen molar-refractivity contribution in [3.8, 4) is 5.75 Å². The van der Waals surface area contributed by atoms with Crippen LogP contribution < -0.4 is 15.0 Å². The zero-order valence-corrected chi connectivity index (χ0v) is 19.3. The van der Waals surface area contributed by atoms with Crippen LogP contribution in [0.3, 0.4) is 0 Å². The summed E-state index contributed by atoms with van der Waals surface area (Å²) in [6.45, 7) is 5.24. The highest BCUT2D eigenvalue weighted by molar-refractivity contribution is 7.91. The highest BCUT2D eigenvalue weighted by Gasteiger charge is 2.25. The minimum absolute atomic E-state index is 0.0354. The molecule has 1 heterocycles. The van der Waals surface area contributed by atoms with Crippen LogP contribution in [0.15, 0.2) is 64.5 Å². The van der Waals surface area contributed by atoms with E-state index in [2.05, 4.69) is 26.2 Å². The van der Waals surface area contributed by atoms with Crippen molar-refractivity contribution in [1.82, 2.24) is 10.2 Å². The number of nitrogens with zero attached hydrogens (tertiary/aromatic N) is 3. The molecule has 1 atom stereocenters. The first-order chi connectivity index (χ1) is 15.0. The number of hydrogen-bond acceptors (Lipinski definition) is 5. The first kappa shape index (κ1) is 22.9. The maximum Gasteiger partial charge on any atom is 0.194 e. The smallest absolute Gasteiger partial charge is 0.194 e. The molecule has 0 radical (unpaired) electrons. The van der Waals surface area contributed by atoms with Gasteiger partial charge in [-0.2, -0.15) is 0 Å². The van der Waals surface area contributed by atoms with Crippen LogP contribution in [0, 0.1) is 0 Å². The van der Waals surface area contributed by atoms with E-state index in [4.69, 9.17) is 4.74 Å².